The molecule has 6 nitrogen and oxygen atoms in total. The van der Waals surface area contributed by atoms with Crippen LogP contribution in [0.4, 0.5) is 22.0 Å². The van der Waals surface area contributed by atoms with Gasteiger partial charge in [-0.15, -0.1) is 0 Å². The number of nitrogens with zero attached hydrogens (tertiary/aromatic N) is 4. The molecule has 0 unspecified atom stereocenters. The largest absolute Gasteiger partial charge is 0.368 e. The molecule has 3 N–H and O–H groups in total. The van der Waals surface area contributed by atoms with Crippen LogP contribution in [0.15, 0.2) is 42.5 Å². The lowest BCUT2D eigenvalue weighted by Gasteiger charge is -2.07. The number of nitrogen functional groups attached to an aromatic ring is 1. The summed E-state index contributed by atoms with van der Waals surface area (Å²) in [5.74, 6) is 5.84. The molecular weight excluding hydrogens is 307 g/mol. The Morgan fingerprint density at radius 2 is 1.88 bits per heavy atom. The number of halogens is 1. The number of pyridine rings is 1. The number of aromatic nitrogens is 4. The SMILES string of the molecule is CC#Cc1cccc(-c2nc(N)nc(Nc3cccc(F)c3)n2)n1. The molecule has 0 aliphatic rings. The number of nitrogens with one attached hydrogen (secondary N) is 1. The average Bonchev–Trinajstić information content (AvgIpc) is 2.55. The van der Waals surface area contributed by atoms with E-state index in [1.54, 1.807) is 31.2 Å². The van der Waals surface area contributed by atoms with Gasteiger partial charge in [-0.1, -0.05) is 18.1 Å². The molecule has 2 aromatic heterocycles. The minimum Gasteiger partial charge on any atom is -0.368 e. The lowest BCUT2D eigenvalue weighted by Crippen LogP contribution is -2.06. The number of benzene rings is 1. The predicted octanol–water partition coefficient (Wildman–Crippen LogP) is 2.77. The number of rotatable bonds is 3. The van der Waals surface area contributed by atoms with Crippen LogP contribution in [0, 0.1) is 17.7 Å². The zero-order valence-corrected chi connectivity index (χ0v) is 12.8. The fourth-order valence-corrected chi connectivity index (χ4v) is 2.02. The Hall–Kier alpha value is -3.53. The van der Waals surface area contributed by atoms with Gasteiger partial charge >= 0.3 is 0 Å². The molecule has 2 heterocycles. The summed E-state index contributed by atoms with van der Waals surface area (Å²) in [6, 6.07) is 11.3. The standard InChI is InChI=1S/C17H13FN6/c1-2-5-12-7-4-9-14(20-12)15-22-16(19)24-17(23-15)21-13-8-3-6-11(18)10-13/h3-4,6-10H,1H3,(H3,19,21,22,23,24). The first-order valence-electron chi connectivity index (χ1n) is 7.08. The first kappa shape index (κ1) is 15.4. The highest BCUT2D eigenvalue weighted by Crippen LogP contribution is 2.18. The van der Waals surface area contributed by atoms with Crippen LogP contribution in [0.25, 0.3) is 11.5 Å². The first-order valence-corrected chi connectivity index (χ1v) is 7.08. The van der Waals surface area contributed by atoms with Gasteiger partial charge in [-0.2, -0.15) is 15.0 Å². The van der Waals surface area contributed by atoms with Gasteiger partial charge in [0.2, 0.25) is 11.9 Å². The van der Waals surface area contributed by atoms with E-state index < -0.39 is 0 Å². The van der Waals surface area contributed by atoms with E-state index in [9.17, 15) is 4.39 Å². The van der Waals surface area contributed by atoms with E-state index in [-0.39, 0.29) is 17.7 Å². The molecule has 118 valence electrons. The highest BCUT2D eigenvalue weighted by Gasteiger charge is 2.09. The molecule has 0 saturated carbocycles. The van der Waals surface area contributed by atoms with Gasteiger partial charge in [0.25, 0.3) is 0 Å². The second-order valence-electron chi connectivity index (χ2n) is 4.76. The Kier molecular flexibility index (Phi) is 4.29. The maximum Gasteiger partial charge on any atom is 0.232 e. The first-order chi connectivity index (χ1) is 11.6. The maximum absolute atomic E-state index is 13.3. The van der Waals surface area contributed by atoms with E-state index in [1.807, 2.05) is 6.07 Å². The molecule has 0 bridgehead atoms. The molecule has 3 rings (SSSR count). The van der Waals surface area contributed by atoms with Crippen LogP contribution < -0.4 is 11.1 Å². The van der Waals surface area contributed by atoms with Crippen LogP contribution in [0.2, 0.25) is 0 Å². The molecule has 3 aromatic rings. The van der Waals surface area contributed by atoms with Crippen LogP contribution in [0.3, 0.4) is 0 Å². The molecule has 0 aliphatic carbocycles. The Balaban J connectivity index is 1.96. The van der Waals surface area contributed by atoms with Crippen LogP contribution in [-0.2, 0) is 0 Å². The molecule has 0 spiro atoms. The number of nitrogens with two attached hydrogens (primary N) is 1. The Bertz CT molecular complexity index is 945. The van der Waals surface area contributed by atoms with Crippen molar-refractivity contribution in [2.45, 2.75) is 6.92 Å². The van der Waals surface area contributed by atoms with E-state index in [2.05, 4.69) is 37.1 Å². The van der Waals surface area contributed by atoms with E-state index in [1.165, 1.54) is 12.1 Å². The molecule has 7 heteroatoms. The zero-order chi connectivity index (χ0) is 16.9. The fourth-order valence-electron chi connectivity index (χ4n) is 2.02. The summed E-state index contributed by atoms with van der Waals surface area (Å²) in [5, 5.41) is 2.90. The topological polar surface area (TPSA) is 89.6 Å². The molecule has 1 aromatic carbocycles. The number of hydrogen-bond donors (Lipinski definition) is 2. The molecule has 0 aliphatic heterocycles. The van der Waals surface area contributed by atoms with Gasteiger partial charge in [-0.05, 0) is 43.2 Å². The van der Waals surface area contributed by atoms with Gasteiger partial charge in [0.05, 0.1) is 0 Å². The van der Waals surface area contributed by atoms with Crippen LogP contribution >= 0.6 is 0 Å². The van der Waals surface area contributed by atoms with Gasteiger partial charge in [-0.3, -0.25) is 0 Å². The van der Waals surface area contributed by atoms with Crippen molar-refractivity contribution >= 4 is 17.6 Å². The summed E-state index contributed by atoms with van der Waals surface area (Å²) in [5.41, 5.74) is 7.37. The van der Waals surface area contributed by atoms with Gasteiger partial charge in [0.1, 0.15) is 17.2 Å². The van der Waals surface area contributed by atoms with E-state index in [0.29, 0.717) is 22.9 Å². The van der Waals surface area contributed by atoms with Crippen molar-refractivity contribution in [2.75, 3.05) is 11.1 Å². The second kappa shape index (κ2) is 6.71. The van der Waals surface area contributed by atoms with E-state index >= 15 is 0 Å². The van der Waals surface area contributed by atoms with Gasteiger partial charge < -0.3 is 11.1 Å². The summed E-state index contributed by atoms with van der Waals surface area (Å²) in [6.07, 6.45) is 0. The second-order valence-corrected chi connectivity index (χ2v) is 4.76. The quantitative estimate of drug-likeness (QED) is 0.721. The molecule has 0 radical (unpaired) electrons. The monoisotopic (exact) mass is 320 g/mol. The van der Waals surface area contributed by atoms with Crippen molar-refractivity contribution in [3.8, 4) is 23.4 Å². The summed E-state index contributed by atoms with van der Waals surface area (Å²) in [6.45, 7) is 1.73. The summed E-state index contributed by atoms with van der Waals surface area (Å²) in [7, 11) is 0. The third-order valence-electron chi connectivity index (χ3n) is 2.96. The Morgan fingerprint density at radius 3 is 2.67 bits per heavy atom. The molecule has 0 amide bonds. The summed E-state index contributed by atoms with van der Waals surface area (Å²) >= 11 is 0. The van der Waals surface area contributed by atoms with E-state index in [4.69, 9.17) is 5.73 Å². The van der Waals surface area contributed by atoms with E-state index in [0.717, 1.165) is 0 Å². The maximum atomic E-state index is 13.3. The minimum absolute atomic E-state index is 0.0349. The molecule has 0 fully saturated rings. The van der Waals surface area contributed by atoms with Crippen molar-refractivity contribution in [2.24, 2.45) is 0 Å². The lowest BCUT2D eigenvalue weighted by molar-refractivity contribution is 0.628. The molecule has 0 atom stereocenters. The van der Waals surface area contributed by atoms with Crippen molar-refractivity contribution in [3.05, 3.63) is 54.0 Å². The van der Waals surface area contributed by atoms with Crippen molar-refractivity contribution in [1.29, 1.82) is 0 Å². The summed E-state index contributed by atoms with van der Waals surface area (Å²) in [4.78, 5) is 16.8. The minimum atomic E-state index is -0.366. The smallest absolute Gasteiger partial charge is 0.232 e. The molecule has 24 heavy (non-hydrogen) atoms. The number of hydrogen-bond acceptors (Lipinski definition) is 6. The number of anilines is 3. The third-order valence-corrected chi connectivity index (χ3v) is 2.96. The van der Waals surface area contributed by atoms with Crippen molar-refractivity contribution in [1.82, 2.24) is 19.9 Å². The molecular formula is C17H13FN6. The average molecular weight is 320 g/mol. The van der Waals surface area contributed by atoms with Crippen LogP contribution in [0.1, 0.15) is 12.6 Å². The molecule has 0 saturated heterocycles. The zero-order valence-electron chi connectivity index (χ0n) is 12.8. The van der Waals surface area contributed by atoms with Crippen LogP contribution in [-0.4, -0.2) is 19.9 Å². The summed E-state index contributed by atoms with van der Waals surface area (Å²) < 4.78 is 13.3. The normalized spacial score (nSPS) is 9.92. The Labute approximate surface area is 138 Å². The lowest BCUT2D eigenvalue weighted by atomic mass is 10.3. The van der Waals surface area contributed by atoms with Gasteiger partial charge in [0.15, 0.2) is 5.82 Å². The van der Waals surface area contributed by atoms with Gasteiger partial charge in [-0.25, -0.2) is 9.37 Å². The Morgan fingerprint density at radius 1 is 1.04 bits per heavy atom. The van der Waals surface area contributed by atoms with Crippen molar-refractivity contribution < 1.29 is 4.39 Å². The highest BCUT2D eigenvalue weighted by atomic mass is 19.1. The van der Waals surface area contributed by atoms with Crippen LogP contribution in [0.5, 0.6) is 0 Å². The van der Waals surface area contributed by atoms with Gasteiger partial charge in [0, 0.05) is 5.69 Å². The predicted molar refractivity (Wildman–Crippen MR) is 89.7 cm³/mol. The fraction of sp³-hybridized carbons (Fsp3) is 0.0588. The highest BCUT2D eigenvalue weighted by molar-refractivity contribution is 5.58. The third kappa shape index (κ3) is 3.62. The van der Waals surface area contributed by atoms with Crippen molar-refractivity contribution in [3.63, 3.8) is 0 Å².